The van der Waals surface area contributed by atoms with E-state index >= 15 is 0 Å². The molecule has 0 saturated heterocycles. The number of nitrogens with zero attached hydrogens (tertiary/aromatic N) is 2. The number of hydrogen-bond acceptors (Lipinski definition) is 5. The van der Waals surface area contributed by atoms with Gasteiger partial charge in [0, 0.05) is 5.69 Å². The summed E-state index contributed by atoms with van der Waals surface area (Å²) in [6.07, 6.45) is 0. The van der Waals surface area contributed by atoms with E-state index in [1.165, 1.54) is 23.1 Å². The molecule has 29 heavy (non-hydrogen) atoms. The maximum absolute atomic E-state index is 13.1. The van der Waals surface area contributed by atoms with E-state index in [0.29, 0.717) is 15.4 Å². The molecule has 0 spiro atoms. The molecular weight excluding hydrogens is 402 g/mol. The molecule has 0 saturated carbocycles. The highest BCUT2D eigenvalue weighted by Crippen LogP contribution is 2.24. The lowest BCUT2D eigenvalue weighted by atomic mass is 10.2. The van der Waals surface area contributed by atoms with Gasteiger partial charge in [-0.1, -0.05) is 42.1 Å². The summed E-state index contributed by atoms with van der Waals surface area (Å²) in [5.41, 5.74) is 4.13. The van der Waals surface area contributed by atoms with Crippen LogP contribution >= 0.6 is 23.1 Å². The molecule has 4 aromatic rings. The molecule has 2 aromatic carbocycles. The van der Waals surface area contributed by atoms with Gasteiger partial charge in [0.1, 0.15) is 4.70 Å². The molecule has 0 atom stereocenters. The Labute approximate surface area is 176 Å². The quantitative estimate of drug-likeness (QED) is 0.372. The first-order chi connectivity index (χ1) is 14.0. The standard InChI is InChI=1S/C22H19N3O2S2/c1-14-6-5-8-16(12-14)25-21(27)20-18(10-11-28-20)24-22(25)29-13-19(26)23-17-9-4-3-7-15(17)2/h3-12H,13H2,1-2H3,(H,23,26). The zero-order chi connectivity index (χ0) is 20.4. The number of carbonyl (C=O) groups is 1. The van der Waals surface area contributed by atoms with E-state index in [4.69, 9.17) is 0 Å². The van der Waals surface area contributed by atoms with Crippen LogP contribution in [0.1, 0.15) is 11.1 Å². The lowest BCUT2D eigenvalue weighted by molar-refractivity contribution is -0.113. The first kappa shape index (κ1) is 19.4. The molecule has 7 heteroatoms. The first-order valence-corrected chi connectivity index (χ1v) is 10.9. The van der Waals surface area contributed by atoms with Crippen LogP contribution in [-0.2, 0) is 4.79 Å². The van der Waals surface area contributed by atoms with Crippen molar-refractivity contribution in [3.05, 3.63) is 81.5 Å². The number of thioether (sulfide) groups is 1. The van der Waals surface area contributed by atoms with E-state index in [1.807, 2.05) is 73.8 Å². The molecule has 1 N–H and O–H groups in total. The predicted molar refractivity (Wildman–Crippen MR) is 120 cm³/mol. The van der Waals surface area contributed by atoms with Crippen LogP contribution in [0.15, 0.2) is 69.9 Å². The molecule has 5 nitrogen and oxygen atoms in total. The van der Waals surface area contributed by atoms with E-state index in [0.717, 1.165) is 22.5 Å². The lowest BCUT2D eigenvalue weighted by Crippen LogP contribution is -2.22. The predicted octanol–water partition coefficient (Wildman–Crippen LogP) is 4.79. The molecule has 0 fully saturated rings. The number of hydrogen-bond donors (Lipinski definition) is 1. The Morgan fingerprint density at radius 3 is 2.76 bits per heavy atom. The third-order valence-corrected chi connectivity index (χ3v) is 6.29. The molecule has 1 amide bonds. The topological polar surface area (TPSA) is 64.0 Å². The van der Waals surface area contributed by atoms with Gasteiger partial charge < -0.3 is 5.32 Å². The van der Waals surface area contributed by atoms with Crippen molar-refractivity contribution in [3.63, 3.8) is 0 Å². The second kappa shape index (κ2) is 8.23. The number of fused-ring (bicyclic) bond motifs is 1. The summed E-state index contributed by atoms with van der Waals surface area (Å²) in [7, 11) is 0. The summed E-state index contributed by atoms with van der Waals surface area (Å²) in [6.45, 7) is 3.93. The van der Waals surface area contributed by atoms with Gasteiger partial charge in [-0.25, -0.2) is 4.98 Å². The van der Waals surface area contributed by atoms with Gasteiger partial charge in [-0.15, -0.1) is 11.3 Å². The Balaban J connectivity index is 1.66. The summed E-state index contributed by atoms with van der Waals surface area (Å²) in [4.78, 5) is 30.3. The summed E-state index contributed by atoms with van der Waals surface area (Å²) in [6, 6.07) is 17.2. The summed E-state index contributed by atoms with van der Waals surface area (Å²) >= 11 is 2.64. The van der Waals surface area contributed by atoms with Crippen LogP contribution in [0.2, 0.25) is 0 Å². The number of thiophene rings is 1. The molecule has 0 aliphatic rings. The fraction of sp³-hybridized carbons (Fsp3) is 0.136. The van der Waals surface area contributed by atoms with Crippen LogP contribution < -0.4 is 10.9 Å². The Morgan fingerprint density at radius 2 is 1.97 bits per heavy atom. The summed E-state index contributed by atoms with van der Waals surface area (Å²) < 4.78 is 2.21. The molecule has 2 aromatic heterocycles. The minimum Gasteiger partial charge on any atom is -0.325 e. The van der Waals surface area contributed by atoms with Crippen LogP contribution in [-0.4, -0.2) is 21.2 Å². The molecule has 0 radical (unpaired) electrons. The number of para-hydroxylation sites is 1. The number of benzene rings is 2. The van der Waals surface area contributed by atoms with Crippen molar-refractivity contribution in [1.82, 2.24) is 9.55 Å². The highest BCUT2D eigenvalue weighted by Gasteiger charge is 2.16. The van der Waals surface area contributed by atoms with Crippen LogP contribution in [0, 0.1) is 13.8 Å². The van der Waals surface area contributed by atoms with Crippen LogP contribution in [0.5, 0.6) is 0 Å². The van der Waals surface area contributed by atoms with Crippen molar-refractivity contribution in [3.8, 4) is 5.69 Å². The monoisotopic (exact) mass is 421 g/mol. The van der Waals surface area contributed by atoms with Gasteiger partial charge in [-0.2, -0.15) is 0 Å². The minimum absolute atomic E-state index is 0.114. The second-order valence-electron chi connectivity index (χ2n) is 6.66. The Hall–Kier alpha value is -2.90. The molecular formula is C22H19N3O2S2. The van der Waals surface area contributed by atoms with Gasteiger partial charge in [0.05, 0.1) is 17.0 Å². The Morgan fingerprint density at radius 1 is 1.14 bits per heavy atom. The highest BCUT2D eigenvalue weighted by molar-refractivity contribution is 7.99. The van der Waals surface area contributed by atoms with Crippen LogP contribution in [0.4, 0.5) is 5.69 Å². The average molecular weight is 422 g/mol. The van der Waals surface area contributed by atoms with E-state index < -0.39 is 0 Å². The zero-order valence-corrected chi connectivity index (χ0v) is 17.6. The molecule has 2 heterocycles. The molecule has 4 rings (SSSR count). The number of aryl methyl sites for hydroxylation is 2. The van der Waals surface area contributed by atoms with Gasteiger partial charge in [0.2, 0.25) is 5.91 Å². The fourth-order valence-corrected chi connectivity index (χ4v) is 4.59. The normalized spacial score (nSPS) is 11.0. The average Bonchev–Trinajstić information content (AvgIpc) is 3.17. The van der Waals surface area contributed by atoms with Gasteiger partial charge in [-0.3, -0.25) is 14.2 Å². The van der Waals surface area contributed by atoms with Crippen molar-refractivity contribution < 1.29 is 4.79 Å². The lowest BCUT2D eigenvalue weighted by Gasteiger charge is -2.13. The minimum atomic E-state index is -0.139. The maximum Gasteiger partial charge on any atom is 0.276 e. The molecule has 146 valence electrons. The number of carbonyl (C=O) groups excluding carboxylic acids is 1. The van der Waals surface area contributed by atoms with Crippen molar-refractivity contribution in [2.24, 2.45) is 0 Å². The molecule has 0 unspecified atom stereocenters. The number of anilines is 1. The Bertz CT molecular complexity index is 1260. The zero-order valence-electron chi connectivity index (χ0n) is 16.0. The second-order valence-corrected chi connectivity index (χ2v) is 8.52. The first-order valence-electron chi connectivity index (χ1n) is 9.08. The third kappa shape index (κ3) is 4.11. The fourth-order valence-electron chi connectivity index (χ4n) is 3.01. The molecule has 0 bridgehead atoms. The summed E-state index contributed by atoms with van der Waals surface area (Å²) in [5.74, 6) is 0.0159. The highest BCUT2D eigenvalue weighted by atomic mass is 32.2. The van der Waals surface area contributed by atoms with Crippen LogP contribution in [0.25, 0.3) is 15.9 Å². The van der Waals surface area contributed by atoms with Crippen LogP contribution in [0.3, 0.4) is 0 Å². The van der Waals surface area contributed by atoms with Crippen molar-refractivity contribution >= 4 is 44.9 Å². The van der Waals surface area contributed by atoms with E-state index in [2.05, 4.69) is 10.3 Å². The van der Waals surface area contributed by atoms with E-state index in [1.54, 1.807) is 4.57 Å². The Kier molecular flexibility index (Phi) is 5.51. The smallest absolute Gasteiger partial charge is 0.276 e. The largest absolute Gasteiger partial charge is 0.325 e. The molecule has 0 aliphatic heterocycles. The van der Waals surface area contributed by atoms with Gasteiger partial charge in [-0.05, 0) is 54.6 Å². The van der Waals surface area contributed by atoms with Gasteiger partial charge >= 0.3 is 0 Å². The van der Waals surface area contributed by atoms with Crippen molar-refractivity contribution in [2.75, 3.05) is 11.1 Å². The van der Waals surface area contributed by atoms with E-state index in [-0.39, 0.29) is 17.2 Å². The number of nitrogens with one attached hydrogen (secondary N) is 1. The summed E-state index contributed by atoms with van der Waals surface area (Å²) in [5, 5.41) is 5.29. The number of aromatic nitrogens is 2. The van der Waals surface area contributed by atoms with Gasteiger partial charge in [0.15, 0.2) is 5.16 Å². The molecule has 0 aliphatic carbocycles. The van der Waals surface area contributed by atoms with Crippen molar-refractivity contribution in [2.45, 2.75) is 19.0 Å². The number of rotatable bonds is 5. The maximum atomic E-state index is 13.1. The third-order valence-electron chi connectivity index (χ3n) is 4.46. The van der Waals surface area contributed by atoms with E-state index in [9.17, 15) is 9.59 Å². The van der Waals surface area contributed by atoms with Crippen molar-refractivity contribution in [1.29, 1.82) is 0 Å². The number of amides is 1. The van der Waals surface area contributed by atoms with Gasteiger partial charge in [0.25, 0.3) is 5.56 Å². The SMILES string of the molecule is Cc1cccc(-n2c(SCC(=O)Nc3ccccc3C)nc3ccsc3c2=O)c1.